The second kappa shape index (κ2) is 10.9. The number of benzene rings is 3. The van der Waals surface area contributed by atoms with E-state index >= 15 is 0 Å². The van der Waals surface area contributed by atoms with Crippen LogP contribution < -0.4 is 0 Å². The molecule has 0 aliphatic carbocycles. The predicted octanol–water partition coefficient (Wildman–Crippen LogP) is 4.40. The predicted molar refractivity (Wildman–Crippen MR) is 108 cm³/mol. The molecule has 0 aliphatic rings. The minimum Gasteiger partial charge on any atom is -0.373 e. The van der Waals surface area contributed by atoms with Crippen LogP contribution in [0.2, 0.25) is 0 Å². The summed E-state index contributed by atoms with van der Waals surface area (Å²) in [4.78, 5) is 11.8. The van der Waals surface area contributed by atoms with Crippen LogP contribution in [-0.2, 0) is 0 Å². The smallest absolute Gasteiger partial charge is 0.193 e. The van der Waals surface area contributed by atoms with Gasteiger partial charge in [0.1, 0.15) is 0 Å². The molecule has 1 N–H and O–H groups in total. The molecule has 0 saturated heterocycles. The Labute approximate surface area is 164 Å². The van der Waals surface area contributed by atoms with Crippen molar-refractivity contribution in [1.29, 1.82) is 10.5 Å². The van der Waals surface area contributed by atoms with Crippen LogP contribution in [0, 0.1) is 22.7 Å². The number of ketones is 1. The van der Waals surface area contributed by atoms with Gasteiger partial charge in [-0.3, -0.25) is 4.79 Å². The fraction of sp³-hybridized carbons (Fsp3) is 0.0417. The lowest BCUT2D eigenvalue weighted by molar-refractivity contribution is 0.103. The third-order valence-corrected chi connectivity index (χ3v) is 3.74. The molecule has 1 atom stereocenters. The van der Waals surface area contributed by atoms with Crippen LogP contribution in [0.15, 0.2) is 96.6 Å². The first kappa shape index (κ1) is 20.3. The number of carbonyl (C=O) groups excluding carboxylic acids is 1. The van der Waals surface area contributed by atoms with Gasteiger partial charge in [-0.15, -0.1) is 0 Å². The number of nitrogens with zero attached hydrogens (tertiary/aromatic N) is 2. The van der Waals surface area contributed by atoms with E-state index in [2.05, 4.69) is 0 Å². The van der Waals surface area contributed by atoms with E-state index in [0.29, 0.717) is 0 Å². The largest absolute Gasteiger partial charge is 0.373 e. The van der Waals surface area contributed by atoms with Crippen LogP contribution >= 0.6 is 0 Å². The van der Waals surface area contributed by atoms with Crippen LogP contribution in [-0.4, -0.2) is 17.0 Å². The summed E-state index contributed by atoms with van der Waals surface area (Å²) >= 11 is 0. The number of hydrogen-bond donors (Lipinski definition) is 1. The first-order valence-electron chi connectivity index (χ1n) is 8.55. The van der Waals surface area contributed by atoms with E-state index in [1.807, 2.05) is 78.9 Å². The molecule has 4 nitrogen and oxygen atoms in total. The summed E-state index contributed by atoms with van der Waals surface area (Å²) in [5, 5.41) is 26.2. The Hall–Kier alpha value is -3.99. The van der Waals surface area contributed by atoms with Crippen molar-refractivity contribution in [3.8, 4) is 12.1 Å². The van der Waals surface area contributed by atoms with Gasteiger partial charge in [-0.05, 0) is 11.6 Å². The lowest BCUT2D eigenvalue weighted by atomic mass is 10.0. The fourth-order valence-electron chi connectivity index (χ4n) is 2.32. The lowest BCUT2D eigenvalue weighted by Crippen LogP contribution is -2.04. The van der Waals surface area contributed by atoms with Crippen molar-refractivity contribution < 1.29 is 9.90 Å². The molecule has 0 aliphatic heterocycles. The first-order chi connectivity index (χ1) is 13.7. The lowest BCUT2D eigenvalue weighted by Gasteiger charge is -1.99. The highest BCUT2D eigenvalue weighted by Crippen LogP contribution is 2.09. The second-order valence-corrected chi connectivity index (χ2v) is 5.71. The minimum absolute atomic E-state index is 0.0544. The number of carbonyl (C=O) groups is 1. The number of aliphatic hydroxyl groups is 1. The molecule has 3 aromatic carbocycles. The molecule has 0 bridgehead atoms. The average molecular weight is 366 g/mol. The third kappa shape index (κ3) is 6.07. The number of nitriles is 2. The molecule has 28 heavy (non-hydrogen) atoms. The molecule has 136 valence electrons. The Morgan fingerprint density at radius 1 is 0.786 bits per heavy atom. The van der Waals surface area contributed by atoms with E-state index in [-0.39, 0.29) is 11.4 Å². The summed E-state index contributed by atoms with van der Waals surface area (Å²) in [5.74, 6) is 0.0752. The molecule has 1 unspecified atom stereocenters. The average Bonchev–Trinajstić information content (AvgIpc) is 2.78. The maximum Gasteiger partial charge on any atom is 0.193 e. The second-order valence-electron chi connectivity index (χ2n) is 5.71. The molecule has 0 amide bonds. The molecule has 0 fully saturated rings. The molecule has 3 aromatic rings. The molecular formula is C24H18N2O2. The van der Waals surface area contributed by atoms with E-state index in [4.69, 9.17) is 15.6 Å². The quantitative estimate of drug-likeness (QED) is 0.421. The van der Waals surface area contributed by atoms with Crippen LogP contribution in [0.4, 0.5) is 0 Å². The van der Waals surface area contributed by atoms with E-state index in [1.165, 1.54) is 6.08 Å². The van der Waals surface area contributed by atoms with Crippen LogP contribution in [0.3, 0.4) is 0 Å². The highest BCUT2D eigenvalue weighted by molar-refractivity contribution is 6.08. The Morgan fingerprint density at radius 2 is 1.21 bits per heavy atom. The third-order valence-electron chi connectivity index (χ3n) is 3.74. The molecule has 0 heterocycles. The Kier molecular flexibility index (Phi) is 7.90. The zero-order chi connectivity index (χ0) is 20.2. The first-order valence-corrected chi connectivity index (χ1v) is 8.55. The van der Waals surface area contributed by atoms with E-state index in [9.17, 15) is 4.79 Å². The van der Waals surface area contributed by atoms with E-state index in [0.717, 1.165) is 16.7 Å². The summed E-state index contributed by atoms with van der Waals surface area (Å²) in [6.45, 7) is 0. The van der Waals surface area contributed by atoms with Gasteiger partial charge in [0.15, 0.2) is 11.9 Å². The maximum atomic E-state index is 11.8. The van der Waals surface area contributed by atoms with Gasteiger partial charge in [0, 0.05) is 11.1 Å². The van der Waals surface area contributed by atoms with E-state index < -0.39 is 6.10 Å². The molecular weight excluding hydrogens is 348 g/mol. The maximum absolute atomic E-state index is 11.8. The summed E-state index contributed by atoms with van der Waals surface area (Å²) in [5.41, 5.74) is 2.31. The van der Waals surface area contributed by atoms with E-state index in [1.54, 1.807) is 24.3 Å². The van der Waals surface area contributed by atoms with Crippen molar-refractivity contribution in [2.24, 2.45) is 0 Å². The Bertz CT molecular complexity index is 958. The van der Waals surface area contributed by atoms with Crippen LogP contribution in [0.1, 0.15) is 21.5 Å². The summed E-state index contributed by atoms with van der Waals surface area (Å²) in [7, 11) is 0. The fourth-order valence-corrected chi connectivity index (χ4v) is 2.32. The monoisotopic (exact) mass is 366 g/mol. The minimum atomic E-state index is -1.35. The summed E-state index contributed by atoms with van der Waals surface area (Å²) < 4.78 is 0. The van der Waals surface area contributed by atoms with Crippen molar-refractivity contribution in [2.75, 3.05) is 0 Å². The molecule has 4 heteroatoms. The highest BCUT2D eigenvalue weighted by atomic mass is 16.3. The summed E-state index contributed by atoms with van der Waals surface area (Å²) in [6.07, 6.45) is 0.147. The van der Waals surface area contributed by atoms with Gasteiger partial charge in [-0.2, -0.15) is 10.5 Å². The molecule has 0 saturated carbocycles. The van der Waals surface area contributed by atoms with Gasteiger partial charge in [0.25, 0.3) is 0 Å². The van der Waals surface area contributed by atoms with Gasteiger partial charge in [0.2, 0.25) is 0 Å². The van der Waals surface area contributed by atoms with Gasteiger partial charge in [0.05, 0.1) is 17.7 Å². The molecule has 0 radical (unpaired) electrons. The van der Waals surface area contributed by atoms with Crippen molar-refractivity contribution in [3.05, 3.63) is 113 Å². The normalized spacial score (nSPS) is 11.2. The van der Waals surface area contributed by atoms with Crippen molar-refractivity contribution in [3.63, 3.8) is 0 Å². The van der Waals surface area contributed by atoms with Gasteiger partial charge in [-0.25, -0.2) is 0 Å². The van der Waals surface area contributed by atoms with Crippen molar-refractivity contribution in [1.82, 2.24) is 0 Å². The SMILES string of the molecule is N#CC(=Cc1ccccc1)C(O)C#N.O=C(c1ccccc1)c1ccccc1. The number of rotatable bonds is 4. The Morgan fingerprint density at radius 3 is 1.61 bits per heavy atom. The topological polar surface area (TPSA) is 84.9 Å². The molecule has 0 spiro atoms. The summed E-state index contributed by atoms with van der Waals surface area (Å²) in [6, 6.07) is 31.1. The standard InChI is InChI=1S/C13H10O.C11H8N2O/c14-13(11-7-3-1-4-8-11)12-9-5-2-6-10-12;12-7-10(11(14)8-13)6-9-4-2-1-3-5-9/h1-10H;1-6,11,14H. The highest BCUT2D eigenvalue weighted by Gasteiger charge is 2.08. The zero-order valence-corrected chi connectivity index (χ0v) is 15.1. The van der Waals surface area contributed by atoms with Crippen LogP contribution in [0.5, 0.6) is 0 Å². The van der Waals surface area contributed by atoms with Crippen molar-refractivity contribution >= 4 is 11.9 Å². The molecule has 3 rings (SSSR count). The number of aliphatic hydroxyl groups excluding tert-OH is 1. The van der Waals surface area contributed by atoms with Crippen LogP contribution in [0.25, 0.3) is 6.08 Å². The van der Waals surface area contributed by atoms with Gasteiger partial charge in [-0.1, -0.05) is 91.0 Å². The number of hydrogen-bond acceptors (Lipinski definition) is 4. The van der Waals surface area contributed by atoms with Gasteiger partial charge < -0.3 is 5.11 Å². The van der Waals surface area contributed by atoms with Gasteiger partial charge >= 0.3 is 0 Å². The molecule has 0 aromatic heterocycles. The van der Waals surface area contributed by atoms with Crippen molar-refractivity contribution in [2.45, 2.75) is 6.10 Å². The zero-order valence-electron chi connectivity index (χ0n) is 15.1. The Balaban J connectivity index is 0.000000200.